The lowest BCUT2D eigenvalue weighted by atomic mass is 10.00. The lowest BCUT2D eigenvalue weighted by Gasteiger charge is -2.25. The summed E-state index contributed by atoms with van der Waals surface area (Å²) >= 11 is 0. The van der Waals surface area contributed by atoms with Crippen molar-refractivity contribution in [2.75, 3.05) is 18.1 Å². The fourth-order valence-electron chi connectivity index (χ4n) is 3.22. The maximum Gasteiger partial charge on any atom is 0.152 e. The van der Waals surface area contributed by atoms with Crippen molar-refractivity contribution in [3.05, 3.63) is 17.0 Å². The molecule has 0 saturated carbocycles. The van der Waals surface area contributed by atoms with Crippen molar-refractivity contribution in [1.29, 1.82) is 0 Å². The zero-order valence-electron chi connectivity index (χ0n) is 12.6. The second-order valence-electron chi connectivity index (χ2n) is 5.87. The SMILES string of the molecule is CCc1nn(C2(C)CCS(=O)(=O)C2)c(CC)c1CCN. The molecule has 1 saturated heterocycles. The lowest BCUT2D eigenvalue weighted by Crippen LogP contribution is -2.34. The number of nitrogens with zero attached hydrogens (tertiary/aromatic N) is 2. The molecular formula is C14H25N3O2S. The molecular weight excluding hydrogens is 274 g/mol. The van der Waals surface area contributed by atoms with Gasteiger partial charge >= 0.3 is 0 Å². The number of hydrogen-bond acceptors (Lipinski definition) is 4. The number of aromatic nitrogens is 2. The minimum atomic E-state index is -2.94. The second-order valence-corrected chi connectivity index (χ2v) is 8.05. The van der Waals surface area contributed by atoms with E-state index in [9.17, 15) is 8.42 Å². The van der Waals surface area contributed by atoms with Crippen LogP contribution in [0.2, 0.25) is 0 Å². The van der Waals surface area contributed by atoms with Crippen LogP contribution >= 0.6 is 0 Å². The van der Waals surface area contributed by atoms with Gasteiger partial charge in [-0.2, -0.15) is 5.10 Å². The Morgan fingerprint density at radius 1 is 1.35 bits per heavy atom. The van der Waals surface area contributed by atoms with Crippen LogP contribution in [0.5, 0.6) is 0 Å². The Bertz CT molecular complexity index is 592. The summed E-state index contributed by atoms with van der Waals surface area (Å²) in [5, 5.41) is 4.73. The molecule has 1 aromatic heterocycles. The Labute approximate surface area is 121 Å². The van der Waals surface area contributed by atoms with Gasteiger partial charge in [-0.15, -0.1) is 0 Å². The minimum absolute atomic E-state index is 0.194. The first-order chi connectivity index (χ1) is 9.37. The van der Waals surface area contributed by atoms with E-state index in [0.29, 0.717) is 13.0 Å². The highest BCUT2D eigenvalue weighted by Gasteiger charge is 2.42. The molecule has 0 radical (unpaired) electrons. The molecule has 20 heavy (non-hydrogen) atoms. The smallest absolute Gasteiger partial charge is 0.152 e. The van der Waals surface area contributed by atoms with Crippen LogP contribution in [0.15, 0.2) is 0 Å². The van der Waals surface area contributed by atoms with Gasteiger partial charge in [-0.05, 0) is 44.7 Å². The van der Waals surface area contributed by atoms with Crippen molar-refractivity contribution >= 4 is 9.84 Å². The molecule has 5 nitrogen and oxygen atoms in total. The van der Waals surface area contributed by atoms with Gasteiger partial charge in [-0.1, -0.05) is 13.8 Å². The number of rotatable bonds is 5. The van der Waals surface area contributed by atoms with E-state index in [0.717, 1.165) is 30.7 Å². The molecule has 1 aromatic rings. The number of aryl methyl sites for hydroxylation is 1. The Morgan fingerprint density at radius 3 is 2.50 bits per heavy atom. The van der Waals surface area contributed by atoms with Gasteiger partial charge in [0.2, 0.25) is 0 Å². The van der Waals surface area contributed by atoms with Gasteiger partial charge in [-0.3, -0.25) is 4.68 Å². The first-order valence-electron chi connectivity index (χ1n) is 7.37. The average molecular weight is 299 g/mol. The molecule has 114 valence electrons. The molecule has 2 heterocycles. The highest BCUT2D eigenvalue weighted by atomic mass is 32.2. The van der Waals surface area contributed by atoms with E-state index in [4.69, 9.17) is 10.8 Å². The van der Waals surface area contributed by atoms with Crippen LogP contribution in [0.1, 0.15) is 44.1 Å². The summed E-state index contributed by atoms with van der Waals surface area (Å²) in [5.74, 6) is 0.458. The van der Waals surface area contributed by atoms with Gasteiger partial charge in [0.05, 0.1) is 22.7 Å². The Kier molecular flexibility index (Phi) is 4.25. The molecule has 1 fully saturated rings. The molecule has 0 spiro atoms. The van der Waals surface area contributed by atoms with E-state index >= 15 is 0 Å². The molecule has 1 atom stereocenters. The monoisotopic (exact) mass is 299 g/mol. The largest absolute Gasteiger partial charge is 0.330 e. The van der Waals surface area contributed by atoms with Crippen LogP contribution in [-0.4, -0.2) is 36.2 Å². The second kappa shape index (κ2) is 5.48. The highest BCUT2D eigenvalue weighted by Crippen LogP contribution is 2.33. The summed E-state index contributed by atoms with van der Waals surface area (Å²) in [4.78, 5) is 0. The van der Waals surface area contributed by atoms with Crippen molar-refractivity contribution in [2.24, 2.45) is 5.73 Å². The van der Waals surface area contributed by atoms with Crippen LogP contribution in [-0.2, 0) is 34.6 Å². The standard InChI is InChI=1S/C14H25N3O2S/c1-4-12-11(6-8-15)13(5-2)17(16-12)14(3)7-9-20(18,19)10-14/h4-10,15H2,1-3H3. The maximum absolute atomic E-state index is 11.8. The van der Waals surface area contributed by atoms with E-state index in [1.165, 1.54) is 5.56 Å². The van der Waals surface area contributed by atoms with Crippen LogP contribution < -0.4 is 5.73 Å². The molecule has 0 aromatic carbocycles. The van der Waals surface area contributed by atoms with Gasteiger partial charge in [-0.25, -0.2) is 8.42 Å². The van der Waals surface area contributed by atoms with E-state index in [-0.39, 0.29) is 11.5 Å². The molecule has 2 N–H and O–H groups in total. The Hall–Kier alpha value is -0.880. The Balaban J connectivity index is 2.52. The molecule has 6 heteroatoms. The first kappa shape index (κ1) is 15.5. The third-order valence-electron chi connectivity index (χ3n) is 4.23. The highest BCUT2D eigenvalue weighted by molar-refractivity contribution is 7.91. The predicted octanol–water partition coefficient (Wildman–Crippen LogP) is 1.04. The van der Waals surface area contributed by atoms with Crippen LogP contribution in [0.25, 0.3) is 0 Å². The van der Waals surface area contributed by atoms with Crippen molar-refractivity contribution < 1.29 is 8.42 Å². The van der Waals surface area contributed by atoms with Gasteiger partial charge in [0.25, 0.3) is 0 Å². The van der Waals surface area contributed by atoms with Crippen molar-refractivity contribution in [1.82, 2.24) is 9.78 Å². The third kappa shape index (κ3) is 2.63. The minimum Gasteiger partial charge on any atom is -0.330 e. The van der Waals surface area contributed by atoms with Gasteiger partial charge in [0.15, 0.2) is 9.84 Å². The van der Waals surface area contributed by atoms with Crippen molar-refractivity contribution in [3.63, 3.8) is 0 Å². The molecule has 1 aliphatic rings. The average Bonchev–Trinajstić information content (AvgIpc) is 2.88. The van der Waals surface area contributed by atoms with Gasteiger partial charge in [0, 0.05) is 5.69 Å². The predicted molar refractivity (Wildman–Crippen MR) is 80.7 cm³/mol. The van der Waals surface area contributed by atoms with Gasteiger partial charge in [0.1, 0.15) is 0 Å². The quantitative estimate of drug-likeness (QED) is 0.881. The van der Waals surface area contributed by atoms with E-state index in [1.54, 1.807) is 0 Å². The fraction of sp³-hybridized carbons (Fsp3) is 0.786. The zero-order chi connectivity index (χ0) is 15.0. The summed E-state index contributed by atoms with van der Waals surface area (Å²) in [5.41, 5.74) is 8.76. The summed E-state index contributed by atoms with van der Waals surface area (Å²) in [6.07, 6.45) is 3.18. The van der Waals surface area contributed by atoms with E-state index < -0.39 is 15.4 Å². The molecule has 1 unspecified atom stereocenters. The van der Waals surface area contributed by atoms with Crippen LogP contribution in [0.3, 0.4) is 0 Å². The van der Waals surface area contributed by atoms with E-state index in [1.807, 2.05) is 11.6 Å². The number of hydrogen-bond donors (Lipinski definition) is 1. The molecule has 0 bridgehead atoms. The van der Waals surface area contributed by atoms with Crippen molar-refractivity contribution in [3.8, 4) is 0 Å². The summed E-state index contributed by atoms with van der Waals surface area (Å²) in [6.45, 7) is 6.79. The molecule has 2 rings (SSSR count). The molecule has 0 amide bonds. The normalized spacial score (nSPS) is 25.2. The zero-order valence-corrected chi connectivity index (χ0v) is 13.5. The summed E-state index contributed by atoms with van der Waals surface area (Å²) in [6, 6.07) is 0. The fourth-order valence-corrected chi connectivity index (χ4v) is 5.33. The lowest BCUT2D eigenvalue weighted by molar-refractivity contribution is 0.317. The molecule has 0 aliphatic carbocycles. The molecule has 1 aliphatic heterocycles. The Morgan fingerprint density at radius 2 is 2.05 bits per heavy atom. The van der Waals surface area contributed by atoms with Gasteiger partial charge < -0.3 is 5.73 Å². The van der Waals surface area contributed by atoms with Crippen LogP contribution in [0.4, 0.5) is 0 Å². The maximum atomic E-state index is 11.8. The van der Waals surface area contributed by atoms with Crippen LogP contribution in [0, 0.1) is 0 Å². The number of sulfone groups is 1. The topological polar surface area (TPSA) is 78.0 Å². The van der Waals surface area contributed by atoms with Crippen molar-refractivity contribution in [2.45, 2.75) is 52.0 Å². The third-order valence-corrected chi connectivity index (χ3v) is 6.12. The summed E-state index contributed by atoms with van der Waals surface area (Å²) < 4.78 is 25.7. The summed E-state index contributed by atoms with van der Waals surface area (Å²) in [7, 11) is -2.94. The first-order valence-corrected chi connectivity index (χ1v) is 9.19. The van der Waals surface area contributed by atoms with E-state index in [2.05, 4.69) is 13.8 Å². The number of nitrogens with two attached hydrogens (primary N) is 1.